The van der Waals surface area contributed by atoms with Crippen LogP contribution in [0, 0.1) is 12.3 Å². The average molecular weight is 218 g/mol. The third kappa shape index (κ3) is 3.32. The molecule has 0 N–H and O–H groups in total. The number of carbonyl (C=O) groups excluding carboxylic acids is 1. The smallest absolute Gasteiger partial charge is 0.162 e. The number of terminal acetylenes is 1. The SMILES string of the molecule is C#CCOc1ccc(CCC=O)cc1OC. The Bertz CT molecular complexity index is 391. The molecule has 1 aromatic rings. The standard InChI is InChI=1S/C13H14O3/c1-3-9-16-12-7-6-11(5-4-8-14)10-13(12)15-2/h1,6-8,10H,4-5,9H2,2H3. The maximum Gasteiger partial charge on any atom is 0.162 e. The summed E-state index contributed by atoms with van der Waals surface area (Å²) >= 11 is 0. The Labute approximate surface area is 95.4 Å². The predicted octanol–water partition coefficient (Wildman–Crippen LogP) is 1.84. The van der Waals surface area contributed by atoms with Crippen LogP contribution < -0.4 is 9.47 Å². The summed E-state index contributed by atoms with van der Waals surface area (Å²) in [6.07, 6.45) is 7.22. The molecule has 0 bridgehead atoms. The van der Waals surface area contributed by atoms with Crippen molar-refractivity contribution in [3.63, 3.8) is 0 Å². The van der Waals surface area contributed by atoms with Crippen LogP contribution in [0.1, 0.15) is 12.0 Å². The first-order valence-electron chi connectivity index (χ1n) is 4.98. The number of carbonyl (C=O) groups is 1. The Morgan fingerprint density at radius 2 is 2.25 bits per heavy atom. The lowest BCUT2D eigenvalue weighted by atomic mass is 10.1. The molecule has 0 aromatic heterocycles. The normalized spacial score (nSPS) is 9.25. The fraction of sp³-hybridized carbons (Fsp3) is 0.308. The summed E-state index contributed by atoms with van der Waals surface area (Å²) in [5.41, 5.74) is 1.04. The maximum absolute atomic E-state index is 10.3. The highest BCUT2D eigenvalue weighted by molar-refractivity contribution is 5.51. The molecule has 0 aliphatic rings. The molecule has 3 heteroatoms. The number of methoxy groups -OCH3 is 1. The van der Waals surface area contributed by atoms with Gasteiger partial charge in [-0.25, -0.2) is 0 Å². The minimum absolute atomic E-state index is 0.212. The van der Waals surface area contributed by atoms with E-state index in [-0.39, 0.29) is 6.61 Å². The molecule has 84 valence electrons. The molecule has 16 heavy (non-hydrogen) atoms. The van der Waals surface area contributed by atoms with Gasteiger partial charge in [-0.2, -0.15) is 0 Å². The van der Waals surface area contributed by atoms with Gasteiger partial charge in [0, 0.05) is 6.42 Å². The van der Waals surface area contributed by atoms with Crippen LogP contribution in [-0.4, -0.2) is 20.0 Å². The molecule has 0 aliphatic heterocycles. The number of aldehydes is 1. The number of ether oxygens (including phenoxy) is 2. The van der Waals surface area contributed by atoms with Crippen molar-refractivity contribution in [3.8, 4) is 23.8 Å². The van der Waals surface area contributed by atoms with Gasteiger partial charge in [-0.1, -0.05) is 12.0 Å². The first-order valence-corrected chi connectivity index (χ1v) is 4.98. The van der Waals surface area contributed by atoms with Gasteiger partial charge < -0.3 is 14.3 Å². The molecule has 1 aromatic carbocycles. The van der Waals surface area contributed by atoms with Crippen LogP contribution in [0.25, 0.3) is 0 Å². The van der Waals surface area contributed by atoms with E-state index < -0.39 is 0 Å². The zero-order valence-electron chi connectivity index (χ0n) is 9.23. The summed E-state index contributed by atoms with van der Waals surface area (Å²) < 4.78 is 10.5. The van der Waals surface area contributed by atoms with Gasteiger partial charge in [0.15, 0.2) is 11.5 Å². The summed E-state index contributed by atoms with van der Waals surface area (Å²) in [5.74, 6) is 3.65. The van der Waals surface area contributed by atoms with Crippen LogP contribution in [0.4, 0.5) is 0 Å². The van der Waals surface area contributed by atoms with Crippen molar-refractivity contribution in [2.24, 2.45) is 0 Å². The van der Waals surface area contributed by atoms with E-state index in [2.05, 4.69) is 5.92 Å². The third-order valence-corrected chi connectivity index (χ3v) is 2.09. The molecule has 0 saturated heterocycles. The molecule has 3 nitrogen and oxygen atoms in total. The summed E-state index contributed by atoms with van der Waals surface area (Å²) in [5, 5.41) is 0. The van der Waals surface area contributed by atoms with Gasteiger partial charge >= 0.3 is 0 Å². The molecular formula is C13H14O3. The minimum Gasteiger partial charge on any atom is -0.493 e. The van der Waals surface area contributed by atoms with Crippen LogP contribution in [0.15, 0.2) is 18.2 Å². The lowest BCUT2D eigenvalue weighted by molar-refractivity contribution is -0.107. The first-order chi connectivity index (χ1) is 7.81. The lowest BCUT2D eigenvalue weighted by Crippen LogP contribution is -1.97. The minimum atomic E-state index is 0.212. The van der Waals surface area contributed by atoms with Crippen LogP contribution in [-0.2, 0) is 11.2 Å². The van der Waals surface area contributed by atoms with E-state index in [1.165, 1.54) is 0 Å². The summed E-state index contributed by atoms with van der Waals surface area (Å²) in [6, 6.07) is 5.56. The molecule has 0 atom stereocenters. The predicted molar refractivity (Wildman–Crippen MR) is 61.7 cm³/mol. The Morgan fingerprint density at radius 1 is 1.44 bits per heavy atom. The molecule has 0 aliphatic carbocycles. The van der Waals surface area contributed by atoms with E-state index in [1.54, 1.807) is 13.2 Å². The van der Waals surface area contributed by atoms with Crippen LogP contribution in [0.3, 0.4) is 0 Å². The van der Waals surface area contributed by atoms with Crippen molar-refractivity contribution in [2.75, 3.05) is 13.7 Å². The molecule has 0 heterocycles. The summed E-state index contributed by atoms with van der Waals surface area (Å²) in [4.78, 5) is 10.3. The number of rotatable bonds is 6. The van der Waals surface area contributed by atoms with Crippen LogP contribution in [0.5, 0.6) is 11.5 Å². The fourth-order valence-corrected chi connectivity index (χ4v) is 1.33. The van der Waals surface area contributed by atoms with Gasteiger partial charge in [0.05, 0.1) is 7.11 Å². The largest absolute Gasteiger partial charge is 0.493 e. The Balaban J connectivity index is 2.80. The van der Waals surface area contributed by atoms with E-state index >= 15 is 0 Å². The van der Waals surface area contributed by atoms with Crippen molar-refractivity contribution < 1.29 is 14.3 Å². The second-order valence-electron chi connectivity index (χ2n) is 3.18. The van der Waals surface area contributed by atoms with Crippen molar-refractivity contribution in [2.45, 2.75) is 12.8 Å². The molecule has 0 spiro atoms. The summed E-state index contributed by atoms with van der Waals surface area (Å²) in [6.45, 7) is 0.212. The Kier molecular flexibility index (Phi) is 4.94. The number of aryl methyl sites for hydroxylation is 1. The van der Waals surface area contributed by atoms with Gasteiger partial charge in [-0.05, 0) is 24.1 Å². The monoisotopic (exact) mass is 218 g/mol. The second kappa shape index (κ2) is 6.52. The van der Waals surface area contributed by atoms with Gasteiger partial charge in [-0.15, -0.1) is 6.42 Å². The maximum atomic E-state index is 10.3. The topological polar surface area (TPSA) is 35.5 Å². The van der Waals surface area contributed by atoms with Crippen molar-refractivity contribution >= 4 is 6.29 Å². The van der Waals surface area contributed by atoms with E-state index in [0.717, 1.165) is 11.8 Å². The molecule has 0 amide bonds. The highest BCUT2D eigenvalue weighted by Gasteiger charge is 2.05. The zero-order valence-corrected chi connectivity index (χ0v) is 9.23. The highest BCUT2D eigenvalue weighted by Crippen LogP contribution is 2.28. The number of benzene rings is 1. The van der Waals surface area contributed by atoms with Gasteiger partial charge in [-0.3, -0.25) is 0 Å². The van der Waals surface area contributed by atoms with E-state index in [4.69, 9.17) is 15.9 Å². The average Bonchev–Trinajstić information content (AvgIpc) is 2.34. The number of hydrogen-bond acceptors (Lipinski definition) is 3. The molecule has 0 radical (unpaired) electrons. The van der Waals surface area contributed by atoms with Crippen LogP contribution >= 0.6 is 0 Å². The van der Waals surface area contributed by atoms with E-state index in [0.29, 0.717) is 24.3 Å². The Hall–Kier alpha value is -1.95. The molecule has 0 saturated carbocycles. The van der Waals surface area contributed by atoms with E-state index in [9.17, 15) is 4.79 Å². The molecular weight excluding hydrogens is 204 g/mol. The van der Waals surface area contributed by atoms with Crippen molar-refractivity contribution in [3.05, 3.63) is 23.8 Å². The quantitative estimate of drug-likeness (QED) is 0.540. The number of hydrogen-bond donors (Lipinski definition) is 0. The zero-order chi connectivity index (χ0) is 11.8. The Morgan fingerprint density at radius 3 is 2.88 bits per heavy atom. The van der Waals surface area contributed by atoms with Gasteiger partial charge in [0.1, 0.15) is 12.9 Å². The van der Waals surface area contributed by atoms with Crippen LogP contribution in [0.2, 0.25) is 0 Å². The van der Waals surface area contributed by atoms with Crippen molar-refractivity contribution in [1.29, 1.82) is 0 Å². The first kappa shape index (κ1) is 12.1. The highest BCUT2D eigenvalue weighted by atomic mass is 16.5. The molecule has 0 unspecified atom stereocenters. The van der Waals surface area contributed by atoms with E-state index in [1.807, 2.05) is 12.1 Å². The lowest BCUT2D eigenvalue weighted by Gasteiger charge is -2.10. The summed E-state index contributed by atoms with van der Waals surface area (Å²) in [7, 11) is 1.57. The molecule has 0 fully saturated rings. The fourth-order valence-electron chi connectivity index (χ4n) is 1.33. The second-order valence-corrected chi connectivity index (χ2v) is 3.18. The van der Waals surface area contributed by atoms with Gasteiger partial charge in [0.2, 0.25) is 0 Å². The molecule has 1 rings (SSSR count). The van der Waals surface area contributed by atoms with Crippen molar-refractivity contribution in [1.82, 2.24) is 0 Å². The van der Waals surface area contributed by atoms with Gasteiger partial charge in [0.25, 0.3) is 0 Å². The third-order valence-electron chi connectivity index (χ3n) is 2.09.